The lowest BCUT2D eigenvalue weighted by Crippen LogP contribution is -2.30. The van der Waals surface area contributed by atoms with Gasteiger partial charge in [0.25, 0.3) is 5.91 Å². The van der Waals surface area contributed by atoms with Gasteiger partial charge < -0.3 is 19.9 Å². The quantitative estimate of drug-likeness (QED) is 0.753. The first kappa shape index (κ1) is 18.3. The molecule has 0 heterocycles. The minimum absolute atomic E-state index is 0.0473. The van der Waals surface area contributed by atoms with E-state index in [9.17, 15) is 14.7 Å². The number of carbonyl (C=O) groups excluding carboxylic acids is 2. The van der Waals surface area contributed by atoms with Crippen molar-refractivity contribution in [2.75, 3.05) is 20.3 Å². The minimum atomic E-state index is -0.730. The predicted molar refractivity (Wildman–Crippen MR) is 92.8 cm³/mol. The molecule has 132 valence electrons. The smallest absolute Gasteiger partial charge is 0.342 e. The van der Waals surface area contributed by atoms with E-state index in [4.69, 9.17) is 9.47 Å². The number of rotatable bonds is 7. The van der Waals surface area contributed by atoms with Gasteiger partial charge in [0.05, 0.1) is 7.11 Å². The van der Waals surface area contributed by atoms with E-state index in [1.54, 1.807) is 26.2 Å². The zero-order valence-electron chi connectivity index (χ0n) is 14.2. The number of hydrogen-bond acceptors (Lipinski definition) is 5. The van der Waals surface area contributed by atoms with Gasteiger partial charge in [0.15, 0.2) is 6.61 Å². The number of aryl methyl sites for hydroxylation is 1. The Balaban J connectivity index is 1.74. The van der Waals surface area contributed by atoms with E-state index in [1.807, 2.05) is 24.3 Å². The molecular weight excluding hydrogens is 322 g/mol. The molecule has 6 heteroatoms. The molecule has 2 aromatic carbocycles. The van der Waals surface area contributed by atoms with Crippen molar-refractivity contribution < 1.29 is 24.2 Å². The lowest BCUT2D eigenvalue weighted by atomic mass is 10.1. The third-order valence-corrected chi connectivity index (χ3v) is 3.69. The SMILES string of the molecule is COc1ccc(CCNC(=O)COC(=O)c2cccc(C)c2O)cc1. The van der Waals surface area contributed by atoms with Gasteiger partial charge >= 0.3 is 5.97 Å². The summed E-state index contributed by atoms with van der Waals surface area (Å²) in [6, 6.07) is 12.3. The van der Waals surface area contributed by atoms with Gasteiger partial charge in [-0.05, 0) is 42.7 Å². The normalized spacial score (nSPS) is 10.2. The Bertz CT molecular complexity index is 740. The third kappa shape index (κ3) is 5.24. The van der Waals surface area contributed by atoms with Gasteiger partial charge in [-0.3, -0.25) is 4.79 Å². The molecule has 0 spiro atoms. The molecule has 2 rings (SSSR count). The second-order valence-electron chi connectivity index (χ2n) is 5.50. The number of amides is 1. The van der Waals surface area contributed by atoms with Crippen molar-refractivity contribution in [3.8, 4) is 11.5 Å². The topological polar surface area (TPSA) is 84.9 Å². The molecule has 0 aliphatic carbocycles. The summed E-state index contributed by atoms with van der Waals surface area (Å²) in [5, 5.41) is 12.5. The fourth-order valence-corrected chi connectivity index (χ4v) is 2.22. The summed E-state index contributed by atoms with van der Waals surface area (Å²) in [5.41, 5.74) is 1.67. The Kier molecular flexibility index (Phi) is 6.39. The van der Waals surface area contributed by atoms with Crippen molar-refractivity contribution in [1.29, 1.82) is 0 Å². The molecule has 1 amide bonds. The van der Waals surface area contributed by atoms with Gasteiger partial charge in [-0.1, -0.05) is 24.3 Å². The first-order chi connectivity index (χ1) is 12.0. The van der Waals surface area contributed by atoms with Gasteiger partial charge in [-0.25, -0.2) is 4.79 Å². The van der Waals surface area contributed by atoms with Crippen molar-refractivity contribution in [3.05, 3.63) is 59.2 Å². The van der Waals surface area contributed by atoms with Crippen LogP contribution in [0.25, 0.3) is 0 Å². The van der Waals surface area contributed by atoms with Gasteiger partial charge in [-0.2, -0.15) is 0 Å². The molecule has 0 unspecified atom stereocenters. The van der Waals surface area contributed by atoms with Gasteiger partial charge in [0.2, 0.25) is 0 Å². The highest BCUT2D eigenvalue weighted by atomic mass is 16.5. The lowest BCUT2D eigenvalue weighted by Gasteiger charge is -2.09. The number of ether oxygens (including phenoxy) is 2. The Hall–Kier alpha value is -3.02. The molecule has 0 bridgehead atoms. The van der Waals surface area contributed by atoms with Gasteiger partial charge in [0.1, 0.15) is 17.1 Å². The Morgan fingerprint density at radius 2 is 1.84 bits per heavy atom. The molecule has 2 N–H and O–H groups in total. The monoisotopic (exact) mass is 343 g/mol. The fraction of sp³-hybridized carbons (Fsp3) is 0.263. The molecule has 0 radical (unpaired) electrons. The largest absolute Gasteiger partial charge is 0.507 e. The molecule has 0 saturated carbocycles. The highest BCUT2D eigenvalue weighted by Crippen LogP contribution is 2.21. The van der Waals surface area contributed by atoms with Crippen LogP contribution in [0.1, 0.15) is 21.5 Å². The maximum absolute atomic E-state index is 11.9. The number of methoxy groups -OCH3 is 1. The van der Waals surface area contributed by atoms with Crippen molar-refractivity contribution in [3.63, 3.8) is 0 Å². The van der Waals surface area contributed by atoms with Gasteiger partial charge in [-0.15, -0.1) is 0 Å². The van der Waals surface area contributed by atoms with E-state index in [1.165, 1.54) is 6.07 Å². The van der Waals surface area contributed by atoms with Crippen LogP contribution in [0.2, 0.25) is 0 Å². The predicted octanol–water partition coefficient (Wildman–Crippen LogP) is 2.22. The Labute approximate surface area is 146 Å². The second-order valence-corrected chi connectivity index (χ2v) is 5.50. The summed E-state index contributed by atoms with van der Waals surface area (Å²) in [7, 11) is 1.60. The van der Waals surface area contributed by atoms with Crippen LogP contribution < -0.4 is 10.1 Å². The van der Waals surface area contributed by atoms with Crippen LogP contribution in [0.5, 0.6) is 11.5 Å². The average molecular weight is 343 g/mol. The number of esters is 1. The molecular formula is C19H21NO5. The number of carbonyl (C=O) groups is 2. The first-order valence-electron chi connectivity index (χ1n) is 7.86. The lowest BCUT2D eigenvalue weighted by molar-refractivity contribution is -0.124. The molecule has 25 heavy (non-hydrogen) atoms. The summed E-state index contributed by atoms with van der Waals surface area (Å²) in [6.45, 7) is 1.71. The van der Waals surface area contributed by atoms with Crippen LogP contribution in [-0.2, 0) is 16.0 Å². The maximum atomic E-state index is 11.9. The standard InChI is InChI=1S/C19H21NO5/c1-13-4-3-5-16(18(13)22)19(23)25-12-17(21)20-11-10-14-6-8-15(24-2)9-7-14/h3-9,22H,10-12H2,1-2H3,(H,20,21). The van der Waals surface area contributed by atoms with E-state index in [0.717, 1.165) is 11.3 Å². The van der Waals surface area contributed by atoms with Crippen LogP contribution in [0.4, 0.5) is 0 Å². The van der Waals surface area contributed by atoms with E-state index in [2.05, 4.69) is 5.32 Å². The summed E-state index contributed by atoms with van der Waals surface area (Å²) in [6.07, 6.45) is 0.655. The number of phenols is 1. The van der Waals surface area contributed by atoms with Crippen LogP contribution in [0, 0.1) is 6.92 Å². The highest BCUT2D eigenvalue weighted by Gasteiger charge is 2.15. The van der Waals surface area contributed by atoms with Crippen LogP contribution in [-0.4, -0.2) is 37.2 Å². The molecule has 0 atom stereocenters. The summed E-state index contributed by atoms with van der Waals surface area (Å²) in [4.78, 5) is 23.7. The average Bonchev–Trinajstić information content (AvgIpc) is 2.62. The number of benzene rings is 2. The van der Waals surface area contributed by atoms with Crippen molar-refractivity contribution in [1.82, 2.24) is 5.32 Å². The molecule has 2 aromatic rings. The molecule has 0 saturated heterocycles. The third-order valence-electron chi connectivity index (χ3n) is 3.69. The van der Waals surface area contributed by atoms with Crippen LogP contribution in [0.15, 0.2) is 42.5 Å². The molecule has 0 aromatic heterocycles. The zero-order chi connectivity index (χ0) is 18.2. The second kappa shape index (κ2) is 8.73. The van der Waals surface area contributed by atoms with E-state index in [0.29, 0.717) is 18.5 Å². The fourth-order valence-electron chi connectivity index (χ4n) is 2.22. The van der Waals surface area contributed by atoms with Crippen LogP contribution >= 0.6 is 0 Å². The number of hydrogen-bond donors (Lipinski definition) is 2. The van der Waals surface area contributed by atoms with E-state index < -0.39 is 18.5 Å². The zero-order valence-corrected chi connectivity index (χ0v) is 14.2. The number of para-hydroxylation sites is 1. The molecule has 6 nitrogen and oxygen atoms in total. The Morgan fingerprint density at radius 1 is 1.12 bits per heavy atom. The summed E-state index contributed by atoms with van der Waals surface area (Å²) in [5.74, 6) is -0.480. The van der Waals surface area contributed by atoms with Crippen molar-refractivity contribution >= 4 is 11.9 Å². The Morgan fingerprint density at radius 3 is 2.52 bits per heavy atom. The molecule has 0 aliphatic rings. The van der Waals surface area contributed by atoms with E-state index >= 15 is 0 Å². The number of aromatic hydroxyl groups is 1. The first-order valence-corrected chi connectivity index (χ1v) is 7.86. The summed E-state index contributed by atoms with van der Waals surface area (Å²) < 4.78 is 10.0. The van der Waals surface area contributed by atoms with Gasteiger partial charge in [0, 0.05) is 6.54 Å². The van der Waals surface area contributed by atoms with Crippen molar-refractivity contribution in [2.45, 2.75) is 13.3 Å². The maximum Gasteiger partial charge on any atom is 0.342 e. The molecule has 0 aliphatic heterocycles. The van der Waals surface area contributed by atoms with Crippen LogP contribution in [0.3, 0.4) is 0 Å². The van der Waals surface area contributed by atoms with Crippen molar-refractivity contribution in [2.24, 2.45) is 0 Å². The summed E-state index contributed by atoms with van der Waals surface area (Å²) >= 11 is 0. The number of phenolic OH excluding ortho intramolecular Hbond substituents is 1. The highest BCUT2D eigenvalue weighted by molar-refractivity contribution is 5.94. The number of nitrogens with one attached hydrogen (secondary N) is 1. The molecule has 0 fully saturated rings. The van der Waals surface area contributed by atoms with E-state index in [-0.39, 0.29) is 11.3 Å². The minimum Gasteiger partial charge on any atom is -0.507 e.